The van der Waals surface area contributed by atoms with Crippen molar-refractivity contribution in [3.05, 3.63) is 107 Å². The van der Waals surface area contributed by atoms with Crippen molar-refractivity contribution >= 4 is 23.0 Å². The lowest BCUT2D eigenvalue weighted by atomic mass is 9.96. The van der Waals surface area contributed by atoms with Crippen molar-refractivity contribution in [1.29, 1.82) is 0 Å². The number of anilines is 1. The minimum atomic E-state index is -0.317. The van der Waals surface area contributed by atoms with E-state index in [4.69, 9.17) is 12.2 Å². The van der Waals surface area contributed by atoms with Gasteiger partial charge in [0.2, 0.25) is 0 Å². The van der Waals surface area contributed by atoms with Gasteiger partial charge in [0.1, 0.15) is 11.6 Å². The maximum Gasteiger partial charge on any atom is 0.174 e. The SMILES string of the molecule is Cc1cccnc1-n1c(C)cc([C@@H]2[C@H](c3ccccn3)NC(=S)N2c2ccccc2F)c1C. The van der Waals surface area contributed by atoms with Crippen molar-refractivity contribution in [3.8, 4) is 5.82 Å². The largest absolute Gasteiger partial charge is 0.351 e. The smallest absolute Gasteiger partial charge is 0.174 e. The summed E-state index contributed by atoms with van der Waals surface area (Å²) in [6, 6.07) is 18.2. The second kappa shape index (κ2) is 8.41. The van der Waals surface area contributed by atoms with Gasteiger partial charge in [-0.25, -0.2) is 9.37 Å². The zero-order valence-electron chi connectivity index (χ0n) is 18.7. The monoisotopic (exact) mass is 457 g/mol. The molecule has 0 unspecified atom stereocenters. The fourth-order valence-electron chi connectivity index (χ4n) is 4.70. The van der Waals surface area contributed by atoms with Gasteiger partial charge in [-0.1, -0.05) is 24.3 Å². The molecule has 166 valence electrons. The van der Waals surface area contributed by atoms with Crippen molar-refractivity contribution < 1.29 is 4.39 Å². The number of pyridine rings is 2. The zero-order valence-corrected chi connectivity index (χ0v) is 19.5. The van der Waals surface area contributed by atoms with Crippen molar-refractivity contribution in [2.45, 2.75) is 32.9 Å². The fraction of sp³-hybridized carbons (Fsp3) is 0.192. The molecule has 4 heterocycles. The van der Waals surface area contributed by atoms with E-state index in [9.17, 15) is 4.39 Å². The van der Waals surface area contributed by atoms with Gasteiger partial charge < -0.3 is 14.8 Å². The van der Waals surface area contributed by atoms with E-state index < -0.39 is 0 Å². The minimum absolute atomic E-state index is 0.239. The van der Waals surface area contributed by atoms with Crippen LogP contribution in [0.4, 0.5) is 10.1 Å². The van der Waals surface area contributed by atoms with E-state index in [0.29, 0.717) is 10.8 Å². The number of benzene rings is 1. The van der Waals surface area contributed by atoms with Gasteiger partial charge in [-0.15, -0.1) is 0 Å². The van der Waals surface area contributed by atoms with Crippen LogP contribution in [0.25, 0.3) is 5.82 Å². The zero-order chi connectivity index (χ0) is 23.1. The van der Waals surface area contributed by atoms with E-state index in [1.165, 1.54) is 6.07 Å². The molecule has 2 atom stereocenters. The highest BCUT2D eigenvalue weighted by Gasteiger charge is 2.43. The Balaban J connectivity index is 1.71. The van der Waals surface area contributed by atoms with Gasteiger partial charge >= 0.3 is 0 Å². The number of aromatic nitrogens is 3. The Bertz CT molecular complexity index is 1330. The van der Waals surface area contributed by atoms with Gasteiger partial charge in [-0.3, -0.25) is 4.98 Å². The molecule has 5 nitrogen and oxygen atoms in total. The van der Waals surface area contributed by atoms with Crippen LogP contribution >= 0.6 is 12.2 Å². The number of nitrogens with zero attached hydrogens (tertiary/aromatic N) is 4. The normalized spacial score (nSPS) is 17.9. The molecule has 1 N–H and O–H groups in total. The number of thiocarbonyl (C=S) groups is 1. The summed E-state index contributed by atoms with van der Waals surface area (Å²) in [6.07, 6.45) is 3.57. The Morgan fingerprint density at radius 2 is 1.70 bits per heavy atom. The molecule has 1 aliphatic heterocycles. The van der Waals surface area contributed by atoms with Crippen LogP contribution in [0.2, 0.25) is 0 Å². The van der Waals surface area contributed by atoms with Gasteiger partial charge in [-0.05, 0) is 80.5 Å². The highest BCUT2D eigenvalue weighted by molar-refractivity contribution is 7.80. The minimum Gasteiger partial charge on any atom is -0.351 e. The van der Waals surface area contributed by atoms with Crippen molar-refractivity contribution in [3.63, 3.8) is 0 Å². The molecule has 0 aliphatic carbocycles. The molecule has 1 aromatic carbocycles. The standard InChI is InChI=1S/C26H24FN5S/c1-16-9-8-14-29-25(16)31-17(2)15-19(18(31)3)24-23(21-11-6-7-13-28-21)30-26(33)32(24)22-12-5-4-10-20(22)27/h4-15,23-24H,1-3H3,(H,30,33)/t23-,24+/m0/s1. The predicted molar refractivity (Wildman–Crippen MR) is 132 cm³/mol. The molecule has 0 amide bonds. The van der Waals surface area contributed by atoms with Crippen LogP contribution in [0.5, 0.6) is 0 Å². The first-order valence-corrected chi connectivity index (χ1v) is 11.2. The third-order valence-corrected chi connectivity index (χ3v) is 6.51. The number of halogens is 1. The lowest BCUT2D eigenvalue weighted by Gasteiger charge is -2.28. The molecule has 0 radical (unpaired) electrons. The quantitative estimate of drug-likeness (QED) is 0.410. The van der Waals surface area contributed by atoms with Crippen LogP contribution in [-0.2, 0) is 0 Å². The van der Waals surface area contributed by atoms with Gasteiger partial charge in [0.05, 0.1) is 23.5 Å². The molecule has 1 saturated heterocycles. The number of hydrogen-bond acceptors (Lipinski definition) is 3. The number of aryl methyl sites for hydroxylation is 2. The van der Waals surface area contributed by atoms with Crippen LogP contribution < -0.4 is 10.2 Å². The van der Waals surface area contributed by atoms with Gasteiger partial charge in [0.15, 0.2) is 5.11 Å². The molecule has 7 heteroatoms. The number of hydrogen-bond donors (Lipinski definition) is 1. The predicted octanol–water partition coefficient (Wildman–Crippen LogP) is 5.51. The van der Waals surface area contributed by atoms with E-state index in [-0.39, 0.29) is 17.9 Å². The third-order valence-electron chi connectivity index (χ3n) is 6.19. The molecule has 5 rings (SSSR count). The first-order chi connectivity index (χ1) is 16.0. The molecule has 1 aliphatic rings. The summed E-state index contributed by atoms with van der Waals surface area (Å²) in [6.45, 7) is 6.19. The molecule has 0 saturated carbocycles. The lowest BCUT2D eigenvalue weighted by molar-refractivity contribution is 0.556. The second-order valence-corrected chi connectivity index (χ2v) is 8.64. The second-order valence-electron chi connectivity index (χ2n) is 8.25. The summed E-state index contributed by atoms with van der Waals surface area (Å²) in [5, 5.41) is 3.88. The Morgan fingerprint density at radius 3 is 2.42 bits per heavy atom. The summed E-state index contributed by atoms with van der Waals surface area (Å²) in [5.41, 5.74) is 5.50. The van der Waals surface area contributed by atoms with Crippen LogP contribution in [0.15, 0.2) is 73.1 Å². The van der Waals surface area contributed by atoms with Gasteiger partial charge in [0.25, 0.3) is 0 Å². The Hall–Kier alpha value is -3.58. The van der Waals surface area contributed by atoms with E-state index in [1.807, 2.05) is 35.2 Å². The summed E-state index contributed by atoms with van der Waals surface area (Å²) in [7, 11) is 0. The topological polar surface area (TPSA) is 46.0 Å². The molecular weight excluding hydrogens is 433 g/mol. The van der Waals surface area contributed by atoms with Crippen molar-refractivity contribution in [2.24, 2.45) is 0 Å². The Morgan fingerprint density at radius 1 is 0.939 bits per heavy atom. The van der Waals surface area contributed by atoms with E-state index >= 15 is 0 Å². The molecular formula is C26H24FN5S. The summed E-state index contributed by atoms with van der Waals surface area (Å²) in [5.74, 6) is 0.571. The van der Waals surface area contributed by atoms with E-state index in [0.717, 1.165) is 34.0 Å². The number of para-hydroxylation sites is 1. The van der Waals surface area contributed by atoms with Crippen molar-refractivity contribution in [2.75, 3.05) is 4.90 Å². The Labute approximate surface area is 197 Å². The van der Waals surface area contributed by atoms with Crippen LogP contribution in [-0.4, -0.2) is 19.6 Å². The molecule has 4 aromatic rings. The van der Waals surface area contributed by atoms with Gasteiger partial charge in [-0.2, -0.15) is 0 Å². The summed E-state index contributed by atoms with van der Waals surface area (Å²) >= 11 is 5.73. The third kappa shape index (κ3) is 3.58. The molecule has 0 spiro atoms. The van der Waals surface area contributed by atoms with Crippen LogP contribution in [0.3, 0.4) is 0 Å². The van der Waals surface area contributed by atoms with Crippen LogP contribution in [0.1, 0.15) is 40.3 Å². The highest BCUT2D eigenvalue weighted by atomic mass is 32.1. The number of rotatable bonds is 4. The fourth-order valence-corrected chi connectivity index (χ4v) is 5.04. The van der Waals surface area contributed by atoms with Crippen molar-refractivity contribution in [1.82, 2.24) is 19.9 Å². The summed E-state index contributed by atoms with van der Waals surface area (Å²) < 4.78 is 17.1. The average molecular weight is 458 g/mol. The molecule has 1 fully saturated rings. The first kappa shape index (κ1) is 21.3. The van der Waals surface area contributed by atoms with Crippen LogP contribution in [0, 0.1) is 26.6 Å². The number of nitrogens with one attached hydrogen (secondary N) is 1. The van der Waals surface area contributed by atoms with Gasteiger partial charge in [0, 0.05) is 23.8 Å². The maximum absolute atomic E-state index is 15.0. The average Bonchev–Trinajstić information content (AvgIpc) is 3.30. The lowest BCUT2D eigenvalue weighted by Crippen LogP contribution is -2.30. The molecule has 0 bridgehead atoms. The van der Waals surface area contributed by atoms with E-state index in [1.54, 1.807) is 24.5 Å². The summed E-state index contributed by atoms with van der Waals surface area (Å²) in [4.78, 5) is 11.1. The molecule has 33 heavy (non-hydrogen) atoms. The van der Waals surface area contributed by atoms with E-state index in [2.05, 4.69) is 52.8 Å². The Kier molecular flexibility index (Phi) is 5.42. The maximum atomic E-state index is 15.0. The first-order valence-electron chi connectivity index (χ1n) is 10.8. The molecule has 3 aromatic heterocycles. The highest BCUT2D eigenvalue weighted by Crippen LogP contribution is 2.44.